The highest BCUT2D eigenvalue weighted by Crippen LogP contribution is 2.30. The maximum absolute atomic E-state index is 13.4. The van der Waals surface area contributed by atoms with Crippen molar-refractivity contribution in [1.82, 2.24) is 10.2 Å². The molecule has 0 spiro atoms. The monoisotopic (exact) mass is 304 g/mol. The zero-order valence-electron chi connectivity index (χ0n) is 9.43. The van der Waals surface area contributed by atoms with Crippen molar-refractivity contribution in [3.63, 3.8) is 0 Å². The topological polar surface area (TPSA) is 15.3 Å². The van der Waals surface area contributed by atoms with Gasteiger partial charge in [0.1, 0.15) is 12.5 Å². The molecule has 1 aromatic rings. The van der Waals surface area contributed by atoms with E-state index < -0.39 is 6.67 Å². The highest BCUT2D eigenvalue weighted by molar-refractivity contribution is 9.10. The van der Waals surface area contributed by atoms with Crippen LogP contribution in [0.2, 0.25) is 0 Å². The number of nitrogens with one attached hydrogen (secondary N) is 1. The number of hydrogen-bond acceptors (Lipinski definition) is 2. The van der Waals surface area contributed by atoms with E-state index >= 15 is 0 Å². The molecule has 0 bridgehead atoms. The molecule has 2 rings (SSSR count). The molecule has 0 amide bonds. The van der Waals surface area contributed by atoms with Gasteiger partial charge in [0.05, 0.1) is 10.5 Å². The van der Waals surface area contributed by atoms with Gasteiger partial charge in [-0.1, -0.05) is 12.1 Å². The summed E-state index contributed by atoms with van der Waals surface area (Å²) in [4.78, 5) is 2.05. The van der Waals surface area contributed by atoms with E-state index in [2.05, 4.69) is 26.1 Å². The molecular formula is C12H15BrF2N2. The van der Waals surface area contributed by atoms with Gasteiger partial charge in [-0.05, 0) is 27.6 Å². The van der Waals surface area contributed by atoms with Crippen LogP contribution in [0.4, 0.5) is 8.78 Å². The number of nitrogens with zero attached hydrogens (tertiary/aromatic N) is 1. The zero-order chi connectivity index (χ0) is 12.3. The third kappa shape index (κ3) is 2.84. The van der Waals surface area contributed by atoms with Crippen LogP contribution < -0.4 is 5.32 Å². The summed E-state index contributed by atoms with van der Waals surface area (Å²) in [7, 11) is 0. The largest absolute Gasteiger partial charge is 0.314 e. The van der Waals surface area contributed by atoms with Crippen LogP contribution in [0.3, 0.4) is 0 Å². The van der Waals surface area contributed by atoms with E-state index in [1.807, 2.05) is 0 Å². The summed E-state index contributed by atoms with van der Waals surface area (Å²) in [6.45, 7) is 2.78. The molecule has 1 aliphatic heterocycles. The van der Waals surface area contributed by atoms with Crippen molar-refractivity contribution in [2.45, 2.75) is 6.04 Å². The van der Waals surface area contributed by atoms with E-state index in [1.54, 1.807) is 12.1 Å². The molecule has 1 aromatic carbocycles. The van der Waals surface area contributed by atoms with Crippen LogP contribution in [-0.2, 0) is 0 Å². The van der Waals surface area contributed by atoms with Crippen molar-refractivity contribution in [3.8, 4) is 0 Å². The maximum Gasteiger partial charge on any atom is 0.137 e. The van der Waals surface area contributed by atoms with Gasteiger partial charge in [-0.2, -0.15) is 0 Å². The molecule has 17 heavy (non-hydrogen) atoms. The molecule has 1 saturated heterocycles. The lowest BCUT2D eigenvalue weighted by Gasteiger charge is -2.34. The van der Waals surface area contributed by atoms with Crippen molar-refractivity contribution in [2.75, 3.05) is 32.9 Å². The summed E-state index contributed by atoms with van der Waals surface area (Å²) in [6.07, 6.45) is 0. The van der Waals surface area contributed by atoms with Crippen LogP contribution in [-0.4, -0.2) is 37.8 Å². The highest BCUT2D eigenvalue weighted by Gasteiger charge is 2.24. The minimum Gasteiger partial charge on any atom is -0.314 e. The number of rotatable bonds is 3. The van der Waals surface area contributed by atoms with Crippen LogP contribution >= 0.6 is 15.9 Å². The molecule has 1 fully saturated rings. The molecule has 2 nitrogen and oxygen atoms in total. The minimum atomic E-state index is -0.498. The minimum absolute atomic E-state index is 0.337. The van der Waals surface area contributed by atoms with Crippen LogP contribution in [0.1, 0.15) is 11.6 Å². The fraction of sp³-hybridized carbons (Fsp3) is 0.500. The standard InChI is InChI=1S/C12H15BrF2N2/c13-12-9(2-1-3-10(12)15)11(8-14)17-6-4-16-5-7-17/h1-3,11,16H,4-8H2/t11-/m1/s1. The quantitative estimate of drug-likeness (QED) is 0.923. The smallest absolute Gasteiger partial charge is 0.137 e. The number of alkyl halides is 1. The second kappa shape index (κ2) is 5.89. The normalized spacial score (nSPS) is 19.2. The average molecular weight is 305 g/mol. The molecular weight excluding hydrogens is 290 g/mol. The Bertz CT molecular complexity index is 381. The van der Waals surface area contributed by atoms with Gasteiger partial charge >= 0.3 is 0 Å². The lowest BCUT2D eigenvalue weighted by molar-refractivity contribution is 0.147. The molecule has 5 heteroatoms. The molecule has 1 atom stereocenters. The molecule has 1 heterocycles. The molecule has 1 N–H and O–H groups in total. The van der Waals surface area contributed by atoms with Gasteiger partial charge < -0.3 is 5.32 Å². The second-order valence-corrected chi connectivity index (χ2v) is 4.89. The van der Waals surface area contributed by atoms with Crippen molar-refractivity contribution in [2.24, 2.45) is 0 Å². The molecule has 0 radical (unpaired) electrons. The Kier molecular flexibility index (Phi) is 4.48. The van der Waals surface area contributed by atoms with Gasteiger partial charge in [-0.3, -0.25) is 4.90 Å². The van der Waals surface area contributed by atoms with Crippen LogP contribution in [0.15, 0.2) is 22.7 Å². The molecule has 0 aromatic heterocycles. The molecule has 0 aliphatic carbocycles. The summed E-state index contributed by atoms with van der Waals surface area (Å²) in [5.41, 5.74) is 0.689. The molecule has 0 saturated carbocycles. The molecule has 1 aliphatic rings. The number of halogens is 3. The highest BCUT2D eigenvalue weighted by atomic mass is 79.9. The van der Waals surface area contributed by atoms with Gasteiger partial charge in [0.2, 0.25) is 0 Å². The average Bonchev–Trinajstić information content (AvgIpc) is 2.37. The zero-order valence-corrected chi connectivity index (χ0v) is 11.0. The van der Waals surface area contributed by atoms with Gasteiger partial charge in [-0.25, -0.2) is 8.78 Å². The summed E-state index contributed by atoms with van der Waals surface area (Å²) in [5, 5.41) is 3.22. The van der Waals surface area contributed by atoms with Crippen molar-refractivity contribution >= 4 is 15.9 Å². The van der Waals surface area contributed by atoms with Gasteiger partial charge in [-0.15, -0.1) is 0 Å². The maximum atomic E-state index is 13.4. The SMILES string of the molecule is FC[C@H](c1cccc(F)c1Br)N1CCNCC1. The fourth-order valence-corrected chi connectivity index (χ4v) is 2.68. The number of hydrogen-bond donors (Lipinski definition) is 1. The Hall–Kier alpha value is -0.520. The van der Waals surface area contributed by atoms with Crippen LogP contribution in [0.25, 0.3) is 0 Å². The predicted molar refractivity (Wildman–Crippen MR) is 67.3 cm³/mol. The first-order valence-electron chi connectivity index (χ1n) is 5.68. The summed E-state index contributed by atoms with van der Waals surface area (Å²) in [6, 6.07) is 4.42. The van der Waals surface area contributed by atoms with E-state index in [0.29, 0.717) is 10.0 Å². The van der Waals surface area contributed by atoms with E-state index in [4.69, 9.17) is 0 Å². The van der Waals surface area contributed by atoms with E-state index in [-0.39, 0.29) is 11.9 Å². The third-order valence-corrected chi connectivity index (χ3v) is 3.92. The van der Waals surface area contributed by atoms with Crippen molar-refractivity contribution < 1.29 is 8.78 Å². The molecule has 94 valence electrons. The van der Waals surface area contributed by atoms with Crippen molar-refractivity contribution in [1.29, 1.82) is 0 Å². The fourth-order valence-electron chi connectivity index (χ4n) is 2.15. The Labute approximate surface area is 108 Å². The first kappa shape index (κ1) is 12.9. The lowest BCUT2D eigenvalue weighted by Crippen LogP contribution is -2.45. The second-order valence-electron chi connectivity index (χ2n) is 4.10. The van der Waals surface area contributed by atoms with E-state index in [0.717, 1.165) is 26.2 Å². The Balaban J connectivity index is 2.24. The van der Waals surface area contributed by atoms with Gasteiger partial charge in [0.25, 0.3) is 0 Å². The Morgan fingerprint density at radius 3 is 2.71 bits per heavy atom. The molecule has 0 unspecified atom stereocenters. The van der Waals surface area contributed by atoms with Crippen LogP contribution in [0.5, 0.6) is 0 Å². The summed E-state index contributed by atoms with van der Waals surface area (Å²) >= 11 is 3.20. The summed E-state index contributed by atoms with van der Waals surface area (Å²) < 4.78 is 27.1. The first-order valence-corrected chi connectivity index (χ1v) is 6.48. The summed E-state index contributed by atoms with van der Waals surface area (Å²) in [5.74, 6) is -0.337. The Morgan fingerprint density at radius 2 is 2.06 bits per heavy atom. The lowest BCUT2D eigenvalue weighted by atomic mass is 10.1. The number of piperazine rings is 1. The van der Waals surface area contributed by atoms with E-state index in [1.165, 1.54) is 6.07 Å². The van der Waals surface area contributed by atoms with Gasteiger partial charge in [0.15, 0.2) is 0 Å². The third-order valence-electron chi connectivity index (χ3n) is 3.08. The first-order chi connectivity index (χ1) is 8.24. The van der Waals surface area contributed by atoms with E-state index in [9.17, 15) is 8.78 Å². The van der Waals surface area contributed by atoms with Crippen LogP contribution in [0, 0.1) is 5.82 Å². The predicted octanol–water partition coefficient (Wildman–Crippen LogP) is 2.50. The van der Waals surface area contributed by atoms with Gasteiger partial charge in [0, 0.05) is 26.2 Å². The Morgan fingerprint density at radius 1 is 1.35 bits per heavy atom. The van der Waals surface area contributed by atoms with Crippen molar-refractivity contribution in [3.05, 3.63) is 34.1 Å². The number of benzene rings is 1.